The van der Waals surface area contributed by atoms with Crippen molar-refractivity contribution < 1.29 is 9.47 Å². The van der Waals surface area contributed by atoms with Crippen molar-refractivity contribution in [2.24, 2.45) is 0 Å². The van der Waals surface area contributed by atoms with Gasteiger partial charge in [0, 0.05) is 26.3 Å². The Bertz CT molecular complexity index is 758. The number of ether oxygens (including phenoxy) is 2. The average Bonchev–Trinajstić information content (AvgIpc) is 2.92. The molecule has 3 aliphatic heterocycles. The monoisotopic (exact) mass is 505 g/mol. The first-order valence-corrected chi connectivity index (χ1v) is 15.1. The first kappa shape index (κ1) is 29.6. The predicted molar refractivity (Wildman–Crippen MR) is 157 cm³/mol. The third kappa shape index (κ3) is 14.5. The van der Waals surface area contributed by atoms with Gasteiger partial charge in [-0.25, -0.2) is 0 Å². The molecule has 5 rings (SSSR count). The maximum Gasteiger partial charge on any atom is 0.0716 e. The van der Waals surface area contributed by atoms with Crippen LogP contribution >= 0.6 is 0 Å². The first-order valence-electron chi connectivity index (χ1n) is 15.1. The van der Waals surface area contributed by atoms with Gasteiger partial charge in [-0.1, -0.05) is 112 Å². The van der Waals surface area contributed by atoms with Gasteiger partial charge in [-0.2, -0.15) is 0 Å². The molecule has 0 fully saturated rings. The van der Waals surface area contributed by atoms with E-state index in [1.807, 2.05) is 0 Å². The Morgan fingerprint density at radius 2 is 0.757 bits per heavy atom. The molecule has 1 N–H and O–H groups in total. The highest BCUT2D eigenvalue weighted by Gasteiger charge is 2.00. The van der Waals surface area contributed by atoms with Crippen LogP contribution in [0.2, 0.25) is 0 Å². The van der Waals surface area contributed by atoms with Gasteiger partial charge in [0.1, 0.15) is 0 Å². The summed E-state index contributed by atoms with van der Waals surface area (Å²) in [5.74, 6) is 0. The SMILES string of the molecule is C1=CCCCCCCCCOCc2ccc(cc2)CNCc2ccc(cc2)COCCCCCCCC1. The molecular formula is C34H51NO2. The first-order chi connectivity index (χ1) is 18.4. The molecule has 37 heavy (non-hydrogen) atoms. The summed E-state index contributed by atoms with van der Waals surface area (Å²) in [6.45, 7) is 4.94. The molecule has 3 nitrogen and oxygen atoms in total. The maximum atomic E-state index is 5.91. The van der Waals surface area contributed by atoms with Gasteiger partial charge in [0.05, 0.1) is 13.2 Å². The zero-order valence-electron chi connectivity index (χ0n) is 23.2. The fraction of sp³-hybridized carbons (Fsp3) is 0.588. The molecule has 0 spiro atoms. The maximum absolute atomic E-state index is 5.91. The van der Waals surface area contributed by atoms with Gasteiger partial charge in [-0.05, 0) is 60.8 Å². The zero-order chi connectivity index (χ0) is 25.6. The lowest BCUT2D eigenvalue weighted by atomic mass is 10.1. The van der Waals surface area contributed by atoms with E-state index in [-0.39, 0.29) is 0 Å². The molecule has 4 bridgehead atoms. The van der Waals surface area contributed by atoms with E-state index in [0.717, 1.165) is 39.5 Å². The summed E-state index contributed by atoms with van der Waals surface area (Å²) in [7, 11) is 0. The van der Waals surface area contributed by atoms with Crippen LogP contribution in [0.25, 0.3) is 0 Å². The smallest absolute Gasteiger partial charge is 0.0716 e. The van der Waals surface area contributed by atoms with E-state index in [1.54, 1.807) is 0 Å². The Balaban J connectivity index is 1.37. The highest BCUT2D eigenvalue weighted by molar-refractivity contribution is 5.23. The lowest BCUT2D eigenvalue weighted by molar-refractivity contribution is 0.116. The Morgan fingerprint density at radius 3 is 1.19 bits per heavy atom. The molecule has 0 saturated carbocycles. The third-order valence-corrected chi connectivity index (χ3v) is 7.23. The fourth-order valence-corrected chi connectivity index (χ4v) is 4.82. The van der Waals surface area contributed by atoms with Crippen LogP contribution in [0, 0.1) is 0 Å². The van der Waals surface area contributed by atoms with E-state index in [2.05, 4.69) is 66.0 Å². The molecule has 3 heterocycles. The second-order valence-corrected chi connectivity index (χ2v) is 10.6. The molecule has 3 heteroatoms. The number of benzene rings is 2. The van der Waals surface area contributed by atoms with Crippen molar-refractivity contribution in [2.75, 3.05) is 13.2 Å². The Labute approximate surface area is 227 Å². The summed E-state index contributed by atoms with van der Waals surface area (Å²) in [4.78, 5) is 0. The molecule has 0 amide bonds. The Hall–Kier alpha value is -1.94. The minimum Gasteiger partial charge on any atom is -0.377 e. The molecule has 204 valence electrons. The van der Waals surface area contributed by atoms with Crippen molar-refractivity contribution in [3.05, 3.63) is 82.9 Å². The van der Waals surface area contributed by atoms with Crippen LogP contribution in [0.15, 0.2) is 60.7 Å². The van der Waals surface area contributed by atoms with Gasteiger partial charge in [0.2, 0.25) is 0 Å². The fourth-order valence-electron chi connectivity index (χ4n) is 4.82. The van der Waals surface area contributed by atoms with Crippen LogP contribution < -0.4 is 5.32 Å². The summed E-state index contributed by atoms with van der Waals surface area (Å²) < 4.78 is 11.8. The van der Waals surface area contributed by atoms with E-state index in [0.29, 0.717) is 0 Å². The number of rotatable bonds is 0. The number of fused-ring (bicyclic) bond motifs is 2. The predicted octanol–water partition coefficient (Wildman–Crippen LogP) is 9.04. The zero-order valence-corrected chi connectivity index (χ0v) is 23.2. The normalized spacial score (nSPS) is 19.5. The molecule has 3 aliphatic rings. The van der Waals surface area contributed by atoms with E-state index in [4.69, 9.17) is 9.47 Å². The summed E-state index contributed by atoms with van der Waals surface area (Å²) in [5, 5.41) is 3.56. The second-order valence-electron chi connectivity index (χ2n) is 10.6. The van der Waals surface area contributed by atoms with Crippen molar-refractivity contribution >= 4 is 0 Å². The molecule has 0 atom stereocenters. The van der Waals surface area contributed by atoms with Crippen LogP contribution in [0.5, 0.6) is 0 Å². The van der Waals surface area contributed by atoms with Crippen molar-refractivity contribution in [3.63, 3.8) is 0 Å². The third-order valence-electron chi connectivity index (χ3n) is 7.23. The number of allylic oxidation sites excluding steroid dienone is 2. The quantitative estimate of drug-likeness (QED) is 0.362. The average molecular weight is 506 g/mol. The Morgan fingerprint density at radius 1 is 0.405 bits per heavy atom. The highest BCUT2D eigenvalue weighted by Crippen LogP contribution is 2.12. The van der Waals surface area contributed by atoms with Gasteiger partial charge in [-0.15, -0.1) is 0 Å². The van der Waals surface area contributed by atoms with Crippen LogP contribution in [0.3, 0.4) is 0 Å². The van der Waals surface area contributed by atoms with E-state index >= 15 is 0 Å². The van der Waals surface area contributed by atoms with Gasteiger partial charge >= 0.3 is 0 Å². The molecule has 0 unspecified atom stereocenters. The van der Waals surface area contributed by atoms with Gasteiger partial charge in [0.15, 0.2) is 0 Å². The molecular weight excluding hydrogens is 454 g/mol. The van der Waals surface area contributed by atoms with Gasteiger partial charge < -0.3 is 14.8 Å². The van der Waals surface area contributed by atoms with Crippen molar-refractivity contribution in [3.8, 4) is 0 Å². The molecule has 0 aliphatic carbocycles. The lowest BCUT2D eigenvalue weighted by Crippen LogP contribution is -2.12. The number of hydrogen-bond acceptors (Lipinski definition) is 3. The minimum absolute atomic E-state index is 0.718. The van der Waals surface area contributed by atoms with Crippen molar-refractivity contribution in [1.29, 1.82) is 0 Å². The Kier molecular flexibility index (Phi) is 16.1. The van der Waals surface area contributed by atoms with E-state index in [9.17, 15) is 0 Å². The van der Waals surface area contributed by atoms with Crippen LogP contribution in [-0.2, 0) is 35.8 Å². The van der Waals surface area contributed by atoms with E-state index in [1.165, 1.54) is 112 Å². The number of hydrogen-bond donors (Lipinski definition) is 1. The molecule has 2 aromatic carbocycles. The molecule has 2 aromatic rings. The largest absolute Gasteiger partial charge is 0.377 e. The van der Waals surface area contributed by atoms with Gasteiger partial charge in [0.25, 0.3) is 0 Å². The molecule has 0 aromatic heterocycles. The topological polar surface area (TPSA) is 30.5 Å². The molecule has 0 radical (unpaired) electrons. The summed E-state index contributed by atoms with van der Waals surface area (Å²) in [6.07, 6.45) is 23.1. The summed E-state index contributed by atoms with van der Waals surface area (Å²) in [6, 6.07) is 17.7. The van der Waals surface area contributed by atoms with Crippen LogP contribution in [0.4, 0.5) is 0 Å². The minimum atomic E-state index is 0.718. The van der Waals surface area contributed by atoms with Crippen molar-refractivity contribution in [1.82, 2.24) is 5.32 Å². The highest BCUT2D eigenvalue weighted by atomic mass is 16.5. The summed E-state index contributed by atoms with van der Waals surface area (Å²) in [5.41, 5.74) is 5.14. The lowest BCUT2D eigenvalue weighted by Gasteiger charge is -2.09. The molecule has 0 saturated heterocycles. The summed E-state index contributed by atoms with van der Waals surface area (Å²) >= 11 is 0. The van der Waals surface area contributed by atoms with Crippen LogP contribution in [0.1, 0.15) is 112 Å². The number of nitrogens with one attached hydrogen (secondary N) is 1. The van der Waals surface area contributed by atoms with Crippen LogP contribution in [-0.4, -0.2) is 13.2 Å². The van der Waals surface area contributed by atoms with E-state index < -0.39 is 0 Å². The second kappa shape index (κ2) is 20.1. The standard InChI is InChI=1S/C34H51NO2/c1-2-4-6-8-10-12-14-16-26-37-30-34-23-19-32(20-24-34)28-35-27-31-17-21-33(22-18-31)29-36-25-15-13-11-9-7-5-3-1/h1-2,17-24,35H,3-16,25-30H2. The van der Waals surface area contributed by atoms with Gasteiger partial charge in [-0.3, -0.25) is 0 Å². The van der Waals surface area contributed by atoms with Crippen molar-refractivity contribution in [2.45, 2.75) is 116 Å².